The molecule has 0 aliphatic heterocycles. The number of carbonyl (C=O) groups is 1. The topological polar surface area (TPSA) is 42.1 Å². The van der Waals surface area contributed by atoms with Crippen LogP contribution in [0.5, 0.6) is 5.75 Å². The first-order valence-electron chi connectivity index (χ1n) is 4.06. The molecule has 0 unspecified atom stereocenters. The Bertz CT molecular complexity index is 490. The molecule has 1 N–H and O–H groups in total. The second-order valence-electron chi connectivity index (χ2n) is 2.86. The molecule has 2 rings (SSSR count). The Balaban J connectivity index is 2.88. The molecule has 14 heavy (non-hydrogen) atoms. The van der Waals surface area contributed by atoms with E-state index in [4.69, 9.17) is 16.3 Å². The Morgan fingerprint density at radius 2 is 2.29 bits per heavy atom. The van der Waals surface area contributed by atoms with E-state index in [0.717, 1.165) is 17.2 Å². The largest absolute Gasteiger partial charge is 0.496 e. The number of aromatic nitrogens is 1. The number of aromatic amines is 1. The van der Waals surface area contributed by atoms with Crippen LogP contribution in [0.15, 0.2) is 18.3 Å². The molecule has 3 nitrogen and oxygen atoms in total. The monoisotopic (exact) mass is 209 g/mol. The maximum absolute atomic E-state index is 10.7. The molecule has 0 aliphatic rings. The van der Waals surface area contributed by atoms with Gasteiger partial charge in [0.25, 0.3) is 0 Å². The molecule has 0 aliphatic carbocycles. The summed E-state index contributed by atoms with van der Waals surface area (Å²) in [6, 6.07) is 3.47. The van der Waals surface area contributed by atoms with Crippen molar-refractivity contribution < 1.29 is 9.53 Å². The number of halogens is 1. The summed E-state index contributed by atoms with van der Waals surface area (Å²) in [7, 11) is 1.56. The highest BCUT2D eigenvalue weighted by atomic mass is 35.5. The maximum atomic E-state index is 10.7. The lowest BCUT2D eigenvalue weighted by atomic mass is 10.1. The SMILES string of the molecule is COc1ccc(Cl)c2[nH]cc(C=O)c12. The highest BCUT2D eigenvalue weighted by Crippen LogP contribution is 2.32. The third-order valence-corrected chi connectivity index (χ3v) is 2.44. The molecule has 0 saturated heterocycles. The van der Waals surface area contributed by atoms with E-state index in [1.54, 1.807) is 25.4 Å². The molecule has 0 spiro atoms. The van der Waals surface area contributed by atoms with E-state index in [9.17, 15) is 4.79 Å². The van der Waals surface area contributed by atoms with Crippen LogP contribution in [0.25, 0.3) is 10.9 Å². The molecule has 2 aromatic rings. The van der Waals surface area contributed by atoms with Crippen molar-refractivity contribution in [2.75, 3.05) is 7.11 Å². The van der Waals surface area contributed by atoms with Gasteiger partial charge in [0, 0.05) is 11.8 Å². The molecule has 4 heteroatoms. The van der Waals surface area contributed by atoms with Crippen molar-refractivity contribution in [3.05, 3.63) is 28.9 Å². The highest BCUT2D eigenvalue weighted by molar-refractivity contribution is 6.35. The first kappa shape index (κ1) is 9.09. The zero-order valence-corrected chi connectivity index (χ0v) is 8.26. The summed E-state index contributed by atoms with van der Waals surface area (Å²) < 4.78 is 5.15. The van der Waals surface area contributed by atoms with Crippen LogP contribution in [0.1, 0.15) is 10.4 Å². The van der Waals surface area contributed by atoms with Crippen LogP contribution in [0.4, 0.5) is 0 Å². The zero-order chi connectivity index (χ0) is 10.1. The van der Waals surface area contributed by atoms with Gasteiger partial charge in [-0.05, 0) is 12.1 Å². The summed E-state index contributed by atoms with van der Waals surface area (Å²) in [5, 5.41) is 1.31. The van der Waals surface area contributed by atoms with Crippen molar-refractivity contribution in [2.45, 2.75) is 0 Å². The average Bonchev–Trinajstić information content (AvgIpc) is 2.63. The number of carbonyl (C=O) groups excluding carboxylic acids is 1. The van der Waals surface area contributed by atoms with E-state index in [2.05, 4.69) is 4.98 Å². The summed E-state index contributed by atoms with van der Waals surface area (Å²) in [5.74, 6) is 0.646. The van der Waals surface area contributed by atoms with Crippen LogP contribution in [0.3, 0.4) is 0 Å². The van der Waals surface area contributed by atoms with Crippen LogP contribution in [0.2, 0.25) is 5.02 Å². The molecular weight excluding hydrogens is 202 g/mol. The first-order chi connectivity index (χ1) is 6.77. The van der Waals surface area contributed by atoms with Gasteiger partial charge < -0.3 is 9.72 Å². The predicted molar refractivity (Wildman–Crippen MR) is 55.2 cm³/mol. The van der Waals surface area contributed by atoms with Gasteiger partial charge in [0.05, 0.1) is 23.0 Å². The van der Waals surface area contributed by atoms with Gasteiger partial charge in [-0.1, -0.05) is 11.6 Å². The van der Waals surface area contributed by atoms with Gasteiger partial charge in [0.1, 0.15) is 5.75 Å². The summed E-state index contributed by atoms with van der Waals surface area (Å²) in [4.78, 5) is 13.7. The van der Waals surface area contributed by atoms with Crippen LogP contribution in [-0.4, -0.2) is 18.4 Å². The van der Waals surface area contributed by atoms with Gasteiger partial charge in [0.2, 0.25) is 0 Å². The fourth-order valence-electron chi connectivity index (χ4n) is 1.47. The Labute approximate surface area is 85.6 Å². The van der Waals surface area contributed by atoms with Crippen LogP contribution in [0, 0.1) is 0 Å². The Morgan fingerprint density at radius 3 is 2.93 bits per heavy atom. The number of hydrogen-bond acceptors (Lipinski definition) is 2. The molecule has 0 saturated carbocycles. The molecule has 1 aromatic heterocycles. The number of methoxy groups -OCH3 is 1. The number of rotatable bonds is 2. The first-order valence-corrected chi connectivity index (χ1v) is 4.44. The quantitative estimate of drug-likeness (QED) is 0.773. The zero-order valence-electron chi connectivity index (χ0n) is 7.50. The summed E-state index contributed by atoms with van der Waals surface area (Å²) in [6.45, 7) is 0. The maximum Gasteiger partial charge on any atom is 0.152 e. The van der Waals surface area contributed by atoms with E-state index in [-0.39, 0.29) is 0 Å². The minimum Gasteiger partial charge on any atom is -0.496 e. The normalized spacial score (nSPS) is 10.4. The second kappa shape index (κ2) is 3.35. The molecule has 0 fully saturated rings. The lowest BCUT2D eigenvalue weighted by molar-refractivity contribution is 0.112. The molecule has 0 amide bonds. The van der Waals surface area contributed by atoms with Crippen molar-refractivity contribution >= 4 is 28.8 Å². The molecule has 0 atom stereocenters. The third kappa shape index (κ3) is 1.17. The van der Waals surface area contributed by atoms with E-state index in [1.807, 2.05) is 0 Å². The standard InChI is InChI=1S/C10H8ClNO2/c1-14-8-3-2-7(11)10-9(8)6(5-13)4-12-10/h2-5,12H,1H3. The number of ether oxygens (including phenoxy) is 1. The molecule has 72 valence electrons. The number of aldehydes is 1. The fourth-order valence-corrected chi connectivity index (χ4v) is 1.68. The second-order valence-corrected chi connectivity index (χ2v) is 3.27. The molecule has 0 radical (unpaired) electrons. The molecule has 0 bridgehead atoms. The number of benzene rings is 1. The van der Waals surface area contributed by atoms with Crippen molar-refractivity contribution in [3.8, 4) is 5.75 Å². The Kier molecular flexibility index (Phi) is 2.17. The molecule has 1 heterocycles. The van der Waals surface area contributed by atoms with Gasteiger partial charge in [-0.3, -0.25) is 4.79 Å². The van der Waals surface area contributed by atoms with E-state index >= 15 is 0 Å². The number of hydrogen-bond donors (Lipinski definition) is 1. The highest BCUT2D eigenvalue weighted by Gasteiger charge is 2.10. The van der Waals surface area contributed by atoms with Gasteiger partial charge in [-0.2, -0.15) is 0 Å². The molecule has 1 aromatic carbocycles. The van der Waals surface area contributed by atoms with Crippen LogP contribution in [-0.2, 0) is 0 Å². The third-order valence-electron chi connectivity index (χ3n) is 2.12. The van der Waals surface area contributed by atoms with E-state index in [1.165, 1.54) is 0 Å². The fraction of sp³-hybridized carbons (Fsp3) is 0.100. The summed E-state index contributed by atoms with van der Waals surface area (Å²) in [5.41, 5.74) is 1.28. The van der Waals surface area contributed by atoms with Gasteiger partial charge in [-0.25, -0.2) is 0 Å². The number of fused-ring (bicyclic) bond motifs is 1. The van der Waals surface area contributed by atoms with Gasteiger partial charge in [-0.15, -0.1) is 0 Å². The Morgan fingerprint density at radius 1 is 1.50 bits per heavy atom. The van der Waals surface area contributed by atoms with Crippen LogP contribution >= 0.6 is 11.6 Å². The van der Waals surface area contributed by atoms with E-state index in [0.29, 0.717) is 16.3 Å². The van der Waals surface area contributed by atoms with Crippen LogP contribution < -0.4 is 4.74 Å². The van der Waals surface area contributed by atoms with Gasteiger partial charge in [0.15, 0.2) is 6.29 Å². The van der Waals surface area contributed by atoms with Crippen molar-refractivity contribution in [2.24, 2.45) is 0 Å². The predicted octanol–water partition coefficient (Wildman–Crippen LogP) is 2.64. The summed E-state index contributed by atoms with van der Waals surface area (Å²) in [6.07, 6.45) is 2.39. The Hall–Kier alpha value is -1.48. The lowest BCUT2D eigenvalue weighted by Gasteiger charge is -2.02. The van der Waals surface area contributed by atoms with E-state index < -0.39 is 0 Å². The number of nitrogens with one attached hydrogen (secondary N) is 1. The minimum absolute atomic E-state index is 0.555. The summed E-state index contributed by atoms with van der Waals surface area (Å²) >= 11 is 5.95. The minimum atomic E-state index is 0.555. The number of H-pyrrole nitrogens is 1. The van der Waals surface area contributed by atoms with Gasteiger partial charge >= 0.3 is 0 Å². The lowest BCUT2D eigenvalue weighted by Crippen LogP contribution is -1.85. The van der Waals surface area contributed by atoms with Crippen molar-refractivity contribution in [1.29, 1.82) is 0 Å². The van der Waals surface area contributed by atoms with Crippen molar-refractivity contribution in [1.82, 2.24) is 4.98 Å². The van der Waals surface area contributed by atoms with Crippen molar-refractivity contribution in [3.63, 3.8) is 0 Å². The molecular formula is C10H8ClNO2. The smallest absolute Gasteiger partial charge is 0.152 e. The average molecular weight is 210 g/mol.